The lowest BCUT2D eigenvalue weighted by Gasteiger charge is -2.42. The Labute approximate surface area is 98.4 Å². The smallest absolute Gasteiger partial charge is 0.182 e. The summed E-state index contributed by atoms with van der Waals surface area (Å²) in [7, 11) is 3.24. The molecule has 0 aromatic carbocycles. The van der Waals surface area contributed by atoms with E-state index >= 15 is 0 Å². The van der Waals surface area contributed by atoms with Gasteiger partial charge in [0.05, 0.1) is 5.54 Å². The minimum absolute atomic E-state index is 0. The van der Waals surface area contributed by atoms with Crippen molar-refractivity contribution in [3.05, 3.63) is 0 Å². The van der Waals surface area contributed by atoms with Gasteiger partial charge in [-0.15, -0.1) is 24.0 Å². The third-order valence-corrected chi connectivity index (χ3v) is 2.95. The topological polar surface area (TPSA) is 44.5 Å². The van der Waals surface area contributed by atoms with E-state index < -0.39 is 11.3 Å². The number of halogens is 1. The third kappa shape index (κ3) is 3.04. The Morgan fingerprint density at radius 1 is 1.08 bits per heavy atom. The Morgan fingerprint density at radius 2 is 1.38 bits per heavy atom. The molecule has 0 saturated carbocycles. The Balaban J connectivity index is 0. The number of hydrogen-bond acceptors (Lipinski definition) is 3. The average Bonchev–Trinajstić information content (AvgIpc) is 2.15. The van der Waals surface area contributed by atoms with Crippen LogP contribution in [-0.4, -0.2) is 25.5 Å². The highest BCUT2D eigenvalue weighted by atomic mass is 127. The van der Waals surface area contributed by atoms with Crippen molar-refractivity contribution in [2.75, 3.05) is 14.2 Å². The van der Waals surface area contributed by atoms with E-state index in [0.717, 1.165) is 12.8 Å². The molecule has 0 unspecified atom stereocenters. The highest BCUT2D eigenvalue weighted by Crippen LogP contribution is 2.29. The largest absolute Gasteiger partial charge is 0.352 e. The van der Waals surface area contributed by atoms with E-state index in [1.165, 1.54) is 0 Å². The lowest BCUT2D eigenvalue weighted by atomic mass is 9.85. The molecule has 0 saturated heterocycles. The van der Waals surface area contributed by atoms with E-state index in [4.69, 9.17) is 15.2 Å². The van der Waals surface area contributed by atoms with Crippen LogP contribution in [0.1, 0.15) is 33.6 Å². The summed E-state index contributed by atoms with van der Waals surface area (Å²) in [4.78, 5) is 0. The van der Waals surface area contributed by atoms with E-state index in [0.29, 0.717) is 0 Å². The van der Waals surface area contributed by atoms with Crippen molar-refractivity contribution in [1.29, 1.82) is 0 Å². The van der Waals surface area contributed by atoms with Crippen LogP contribution >= 0.6 is 24.0 Å². The number of ether oxygens (including phenoxy) is 2. The molecule has 2 N–H and O–H groups in total. The number of methoxy groups -OCH3 is 2. The van der Waals surface area contributed by atoms with Crippen molar-refractivity contribution in [1.82, 2.24) is 0 Å². The Hall–Kier alpha value is 0.610. The predicted molar refractivity (Wildman–Crippen MR) is 65.3 cm³/mol. The van der Waals surface area contributed by atoms with Crippen LogP contribution in [0.15, 0.2) is 0 Å². The zero-order valence-electron chi connectivity index (χ0n) is 9.22. The van der Waals surface area contributed by atoms with Gasteiger partial charge in [0.15, 0.2) is 5.79 Å². The first-order chi connectivity index (χ1) is 5.49. The fourth-order valence-corrected chi connectivity index (χ4v) is 1.38. The zero-order valence-corrected chi connectivity index (χ0v) is 11.5. The van der Waals surface area contributed by atoms with Crippen LogP contribution in [0.2, 0.25) is 0 Å². The maximum atomic E-state index is 6.15. The molecule has 0 heterocycles. The van der Waals surface area contributed by atoms with E-state index in [9.17, 15) is 0 Å². The van der Waals surface area contributed by atoms with Gasteiger partial charge in [-0.2, -0.15) is 0 Å². The van der Waals surface area contributed by atoms with E-state index in [1.54, 1.807) is 14.2 Å². The van der Waals surface area contributed by atoms with Gasteiger partial charge in [0.25, 0.3) is 0 Å². The molecular formula is C9H22INO2. The maximum Gasteiger partial charge on any atom is 0.182 e. The van der Waals surface area contributed by atoms with Gasteiger partial charge < -0.3 is 15.2 Å². The molecule has 0 radical (unpaired) electrons. The van der Waals surface area contributed by atoms with Crippen molar-refractivity contribution in [3.63, 3.8) is 0 Å². The van der Waals surface area contributed by atoms with Crippen LogP contribution in [-0.2, 0) is 9.47 Å². The summed E-state index contributed by atoms with van der Waals surface area (Å²) in [5.74, 6) is -0.684. The normalized spacial score (nSPS) is 12.5. The van der Waals surface area contributed by atoms with Crippen molar-refractivity contribution >= 4 is 24.0 Å². The molecule has 0 aromatic rings. The lowest BCUT2D eigenvalue weighted by molar-refractivity contribution is -0.236. The van der Waals surface area contributed by atoms with Crippen LogP contribution in [0.25, 0.3) is 0 Å². The molecule has 13 heavy (non-hydrogen) atoms. The first kappa shape index (κ1) is 16.1. The Morgan fingerprint density at radius 3 is 1.46 bits per heavy atom. The van der Waals surface area contributed by atoms with Crippen LogP contribution in [0, 0.1) is 0 Å². The molecular weight excluding hydrogens is 281 g/mol. The van der Waals surface area contributed by atoms with Crippen LogP contribution in [0.4, 0.5) is 0 Å². The number of nitrogens with two attached hydrogens (primary N) is 1. The minimum Gasteiger partial charge on any atom is -0.352 e. The van der Waals surface area contributed by atoms with Crippen LogP contribution in [0.3, 0.4) is 0 Å². The molecule has 3 nitrogen and oxygen atoms in total. The molecule has 0 rings (SSSR count). The van der Waals surface area contributed by atoms with E-state index in [1.807, 2.05) is 20.8 Å². The lowest BCUT2D eigenvalue weighted by Crippen LogP contribution is -2.60. The molecule has 0 bridgehead atoms. The van der Waals surface area contributed by atoms with Crippen LogP contribution in [0.5, 0.6) is 0 Å². The van der Waals surface area contributed by atoms with Gasteiger partial charge in [0.2, 0.25) is 0 Å². The predicted octanol–water partition coefficient (Wildman–Crippen LogP) is 2.13. The summed E-state index contributed by atoms with van der Waals surface area (Å²) in [5.41, 5.74) is 5.74. The standard InChI is InChI=1S/C9H21NO2.HI/c1-6-9(10,7-2)8(3,11-4)12-5;/h6-7,10H2,1-5H3;1H. The second kappa shape index (κ2) is 6.16. The van der Waals surface area contributed by atoms with Crippen molar-refractivity contribution in [3.8, 4) is 0 Å². The summed E-state index contributed by atoms with van der Waals surface area (Å²) in [6, 6.07) is 0. The quantitative estimate of drug-likeness (QED) is 0.625. The highest BCUT2D eigenvalue weighted by molar-refractivity contribution is 14.0. The molecule has 0 amide bonds. The van der Waals surface area contributed by atoms with Crippen molar-refractivity contribution in [2.24, 2.45) is 5.73 Å². The molecule has 0 aliphatic rings. The molecule has 0 fully saturated rings. The molecule has 0 aliphatic heterocycles. The zero-order chi connectivity index (χ0) is 9.83. The van der Waals surface area contributed by atoms with Crippen molar-refractivity contribution in [2.45, 2.75) is 44.9 Å². The molecule has 0 spiro atoms. The third-order valence-electron chi connectivity index (χ3n) is 2.95. The molecule has 0 atom stereocenters. The van der Waals surface area contributed by atoms with Gasteiger partial charge in [-0.25, -0.2) is 0 Å². The molecule has 0 aliphatic carbocycles. The number of hydrogen-bond donors (Lipinski definition) is 1. The van der Waals surface area contributed by atoms with Crippen molar-refractivity contribution < 1.29 is 9.47 Å². The maximum absolute atomic E-state index is 6.15. The van der Waals surface area contributed by atoms with Gasteiger partial charge in [-0.1, -0.05) is 13.8 Å². The van der Waals surface area contributed by atoms with Gasteiger partial charge in [0, 0.05) is 14.2 Å². The van der Waals surface area contributed by atoms with Gasteiger partial charge in [-0.05, 0) is 19.8 Å². The van der Waals surface area contributed by atoms with Gasteiger partial charge in [0.1, 0.15) is 0 Å². The van der Waals surface area contributed by atoms with E-state index in [2.05, 4.69) is 0 Å². The SMILES string of the molecule is CCC(N)(CC)C(C)(OC)OC.I. The fraction of sp³-hybridized carbons (Fsp3) is 1.00. The number of rotatable bonds is 5. The van der Waals surface area contributed by atoms with Crippen LogP contribution < -0.4 is 5.73 Å². The summed E-state index contributed by atoms with van der Waals surface area (Å²) in [6.45, 7) is 5.96. The van der Waals surface area contributed by atoms with Gasteiger partial charge in [-0.3, -0.25) is 0 Å². The monoisotopic (exact) mass is 303 g/mol. The molecule has 82 valence electrons. The first-order valence-corrected chi connectivity index (χ1v) is 4.38. The Bertz CT molecular complexity index is 118. The Kier molecular flexibility index (Phi) is 7.61. The second-order valence-corrected chi connectivity index (χ2v) is 3.22. The van der Waals surface area contributed by atoms with E-state index in [-0.39, 0.29) is 24.0 Å². The average molecular weight is 303 g/mol. The summed E-state index contributed by atoms with van der Waals surface area (Å²) < 4.78 is 10.6. The molecule has 0 aromatic heterocycles. The second-order valence-electron chi connectivity index (χ2n) is 3.22. The van der Waals surface area contributed by atoms with Gasteiger partial charge >= 0.3 is 0 Å². The summed E-state index contributed by atoms with van der Waals surface area (Å²) >= 11 is 0. The fourth-order valence-electron chi connectivity index (χ4n) is 1.38. The summed E-state index contributed by atoms with van der Waals surface area (Å²) in [5, 5.41) is 0. The minimum atomic E-state index is -0.684. The highest BCUT2D eigenvalue weighted by Gasteiger charge is 2.43. The summed E-state index contributed by atoms with van der Waals surface area (Å²) in [6.07, 6.45) is 1.67. The first-order valence-electron chi connectivity index (χ1n) is 4.38. The molecule has 4 heteroatoms.